The van der Waals surface area contributed by atoms with Crippen LogP contribution in [0.25, 0.3) is 39.3 Å². The zero-order chi connectivity index (χ0) is 15.9. The Labute approximate surface area is 138 Å². The average molecular weight is 310 g/mol. The second-order valence-electron chi connectivity index (χ2n) is 5.79. The van der Waals surface area contributed by atoms with Crippen LogP contribution in [0.1, 0.15) is 0 Å². The van der Waals surface area contributed by atoms with E-state index in [1.165, 1.54) is 11.1 Å². The molecule has 5 aromatic rings. The van der Waals surface area contributed by atoms with Crippen molar-refractivity contribution in [2.24, 2.45) is 0 Å². The Kier molecular flexibility index (Phi) is 2.79. The quantitative estimate of drug-likeness (QED) is 0.436. The molecule has 24 heavy (non-hydrogen) atoms. The highest BCUT2D eigenvalue weighted by molar-refractivity contribution is 5.83. The van der Waals surface area contributed by atoms with Crippen LogP contribution in [0.2, 0.25) is 0 Å². The van der Waals surface area contributed by atoms with Crippen molar-refractivity contribution in [2.75, 3.05) is 0 Å². The molecule has 114 valence electrons. The molecular weight excluding hydrogens is 296 g/mol. The Morgan fingerprint density at radius 3 is 2.38 bits per heavy atom. The van der Waals surface area contributed by atoms with E-state index in [9.17, 15) is 0 Å². The van der Waals surface area contributed by atoms with E-state index in [0.29, 0.717) is 5.84 Å². The zero-order valence-electron chi connectivity index (χ0n) is 12.9. The van der Waals surface area contributed by atoms with Gasteiger partial charge in [-0.25, -0.2) is 0 Å². The van der Waals surface area contributed by atoms with Gasteiger partial charge in [-0.3, -0.25) is 4.40 Å². The summed E-state index contributed by atoms with van der Waals surface area (Å²) in [5.41, 5.74) is 6.51. The molecule has 3 nitrogen and oxygen atoms in total. The van der Waals surface area contributed by atoms with Gasteiger partial charge in [-0.1, -0.05) is 60.7 Å². The van der Waals surface area contributed by atoms with Gasteiger partial charge in [0.15, 0.2) is 0 Å². The van der Waals surface area contributed by atoms with E-state index >= 15 is 0 Å². The summed E-state index contributed by atoms with van der Waals surface area (Å²) in [6.45, 7) is 0. The molecule has 0 amide bonds. The zero-order valence-corrected chi connectivity index (χ0v) is 12.9. The van der Waals surface area contributed by atoms with Gasteiger partial charge in [0, 0.05) is 5.56 Å². The molecule has 2 aromatic heterocycles. The molecule has 0 N–H and O–H groups in total. The monoisotopic (exact) mass is 310 g/mol. The van der Waals surface area contributed by atoms with Crippen molar-refractivity contribution < 1.29 is 4.42 Å². The third-order valence-electron chi connectivity index (χ3n) is 4.31. The first-order chi connectivity index (χ1) is 11.9. The van der Waals surface area contributed by atoms with E-state index in [0.717, 1.165) is 22.3 Å². The molecule has 0 saturated carbocycles. The maximum absolute atomic E-state index is 5.69. The molecule has 0 radical (unpaired) electrons. The number of hydrogen-bond acceptors (Lipinski definition) is 2. The molecule has 0 saturated heterocycles. The summed E-state index contributed by atoms with van der Waals surface area (Å²) < 4.78 is 7.75. The molecule has 3 aromatic carbocycles. The first kappa shape index (κ1) is 13.1. The topological polar surface area (TPSA) is 30.4 Å². The number of rotatable bonds is 2. The lowest BCUT2D eigenvalue weighted by atomic mass is 10.0. The molecule has 3 heteroatoms. The molecule has 0 aliphatic rings. The van der Waals surface area contributed by atoms with Gasteiger partial charge in [0.05, 0.1) is 16.7 Å². The van der Waals surface area contributed by atoms with Crippen molar-refractivity contribution in [2.45, 2.75) is 0 Å². The van der Waals surface area contributed by atoms with Gasteiger partial charge in [0.1, 0.15) is 6.26 Å². The van der Waals surface area contributed by atoms with Crippen LogP contribution in [-0.2, 0) is 0 Å². The van der Waals surface area contributed by atoms with Crippen LogP contribution < -0.4 is 0 Å². The highest BCUT2D eigenvalue weighted by Gasteiger charge is 2.13. The molecule has 2 heterocycles. The molecule has 5 rings (SSSR count). The molecule has 0 aliphatic carbocycles. The summed E-state index contributed by atoms with van der Waals surface area (Å²) in [6, 6.07) is 27.0. The predicted octanol–water partition coefficient (Wildman–Crippen LogP) is 5.41. The SMILES string of the molecule is c1ccc(-c2cccc(-c3coc4nc5ccccc5n34)c2)cc1. The van der Waals surface area contributed by atoms with E-state index in [-0.39, 0.29) is 0 Å². The van der Waals surface area contributed by atoms with Gasteiger partial charge in [-0.05, 0) is 29.3 Å². The number of para-hydroxylation sites is 2. The number of imidazole rings is 1. The molecule has 0 aliphatic heterocycles. The molecule has 0 unspecified atom stereocenters. The van der Waals surface area contributed by atoms with Crippen molar-refractivity contribution in [3.63, 3.8) is 0 Å². The number of hydrogen-bond donors (Lipinski definition) is 0. The first-order valence-corrected chi connectivity index (χ1v) is 7.91. The van der Waals surface area contributed by atoms with Gasteiger partial charge in [0.25, 0.3) is 0 Å². The highest BCUT2D eigenvalue weighted by atomic mass is 16.3. The largest absolute Gasteiger partial charge is 0.431 e. The Bertz CT molecular complexity index is 1150. The summed E-state index contributed by atoms with van der Waals surface area (Å²) in [7, 11) is 0. The minimum absolute atomic E-state index is 0.622. The Morgan fingerprint density at radius 1 is 0.708 bits per heavy atom. The summed E-state index contributed by atoms with van der Waals surface area (Å²) >= 11 is 0. The Balaban J connectivity index is 1.73. The van der Waals surface area contributed by atoms with Crippen LogP contribution >= 0.6 is 0 Å². The van der Waals surface area contributed by atoms with Gasteiger partial charge in [0.2, 0.25) is 0 Å². The molecule has 0 bridgehead atoms. The van der Waals surface area contributed by atoms with Crippen LogP contribution in [0.15, 0.2) is 89.5 Å². The minimum atomic E-state index is 0.622. The minimum Gasteiger partial charge on any atom is -0.431 e. The van der Waals surface area contributed by atoms with E-state index in [2.05, 4.69) is 64.0 Å². The fourth-order valence-corrected chi connectivity index (χ4v) is 3.16. The van der Waals surface area contributed by atoms with Crippen LogP contribution in [0.5, 0.6) is 0 Å². The Hall–Kier alpha value is -3.33. The van der Waals surface area contributed by atoms with Crippen LogP contribution in [0.3, 0.4) is 0 Å². The predicted molar refractivity (Wildman–Crippen MR) is 95.8 cm³/mol. The van der Waals surface area contributed by atoms with Crippen LogP contribution in [0, 0.1) is 0 Å². The number of aromatic nitrogens is 2. The van der Waals surface area contributed by atoms with Crippen molar-refractivity contribution in [1.82, 2.24) is 9.38 Å². The fraction of sp³-hybridized carbons (Fsp3) is 0. The van der Waals surface area contributed by atoms with Gasteiger partial charge in [-0.15, -0.1) is 0 Å². The smallest absolute Gasteiger partial charge is 0.307 e. The summed E-state index contributed by atoms with van der Waals surface area (Å²) in [5, 5.41) is 0. The van der Waals surface area contributed by atoms with Crippen molar-refractivity contribution in [1.29, 1.82) is 0 Å². The van der Waals surface area contributed by atoms with Crippen molar-refractivity contribution >= 4 is 16.9 Å². The number of nitrogens with zero attached hydrogens (tertiary/aromatic N) is 2. The fourth-order valence-electron chi connectivity index (χ4n) is 3.16. The maximum atomic E-state index is 5.69. The van der Waals surface area contributed by atoms with E-state index in [4.69, 9.17) is 4.42 Å². The third-order valence-corrected chi connectivity index (χ3v) is 4.31. The maximum Gasteiger partial charge on any atom is 0.307 e. The molecule has 0 fully saturated rings. The van der Waals surface area contributed by atoms with E-state index < -0.39 is 0 Å². The third kappa shape index (κ3) is 1.95. The highest BCUT2D eigenvalue weighted by Crippen LogP contribution is 2.30. The number of benzene rings is 3. The Morgan fingerprint density at radius 2 is 1.46 bits per heavy atom. The average Bonchev–Trinajstić information content (AvgIpc) is 3.22. The summed E-state index contributed by atoms with van der Waals surface area (Å²) in [5.74, 6) is 0.622. The van der Waals surface area contributed by atoms with E-state index in [1.807, 2.05) is 24.3 Å². The normalized spacial score (nSPS) is 11.3. The van der Waals surface area contributed by atoms with Gasteiger partial charge < -0.3 is 4.42 Å². The lowest BCUT2D eigenvalue weighted by Crippen LogP contribution is -1.86. The second kappa shape index (κ2) is 5.10. The van der Waals surface area contributed by atoms with E-state index in [1.54, 1.807) is 6.26 Å². The number of fused-ring (bicyclic) bond motifs is 3. The summed E-state index contributed by atoms with van der Waals surface area (Å²) in [6.07, 6.45) is 1.78. The van der Waals surface area contributed by atoms with Gasteiger partial charge in [-0.2, -0.15) is 4.98 Å². The first-order valence-electron chi connectivity index (χ1n) is 7.91. The summed E-state index contributed by atoms with van der Waals surface area (Å²) in [4.78, 5) is 4.54. The molecule has 0 spiro atoms. The second-order valence-corrected chi connectivity index (χ2v) is 5.79. The standard InChI is InChI=1S/C21H14N2O/c1-2-7-15(8-3-1)16-9-6-10-17(13-16)20-14-24-21-22-18-11-4-5-12-19(18)23(20)21/h1-14H. The molecule has 0 atom stereocenters. The lowest BCUT2D eigenvalue weighted by Gasteiger charge is -2.05. The lowest BCUT2D eigenvalue weighted by molar-refractivity contribution is 0.597. The molecular formula is C21H14N2O. The number of oxazole rings is 1. The van der Waals surface area contributed by atoms with Gasteiger partial charge >= 0.3 is 5.84 Å². The van der Waals surface area contributed by atoms with Crippen LogP contribution in [0.4, 0.5) is 0 Å². The van der Waals surface area contributed by atoms with Crippen molar-refractivity contribution in [3.05, 3.63) is 85.1 Å². The van der Waals surface area contributed by atoms with Crippen molar-refractivity contribution in [3.8, 4) is 22.4 Å². The van der Waals surface area contributed by atoms with Crippen LogP contribution in [-0.4, -0.2) is 9.38 Å².